The molecule has 1 amide bonds. The van der Waals surface area contributed by atoms with Crippen LogP contribution in [0.15, 0.2) is 53.9 Å². The van der Waals surface area contributed by atoms with Crippen LogP contribution in [0.4, 0.5) is 5.69 Å². The first-order valence-corrected chi connectivity index (χ1v) is 9.49. The smallest absolute Gasteiger partial charge is 0.337 e. The molecule has 0 saturated heterocycles. The van der Waals surface area contributed by atoms with Crippen LogP contribution in [-0.4, -0.2) is 24.0 Å². The zero-order valence-electron chi connectivity index (χ0n) is 15.2. The molecule has 0 aliphatic heterocycles. The number of thiazole rings is 1. The van der Waals surface area contributed by atoms with Crippen LogP contribution >= 0.6 is 11.3 Å². The number of esters is 1. The SMILES string of the molecule is CCc1ccc(-c2nc(CC(=O)Nc3cccc(C(=O)OC)c3)cs2)cc1. The van der Waals surface area contributed by atoms with E-state index in [9.17, 15) is 9.59 Å². The number of nitrogens with one attached hydrogen (secondary N) is 1. The number of aryl methyl sites for hydroxylation is 1. The summed E-state index contributed by atoms with van der Waals surface area (Å²) in [6.07, 6.45) is 1.17. The Hall–Kier alpha value is -2.99. The van der Waals surface area contributed by atoms with Gasteiger partial charge in [-0.25, -0.2) is 9.78 Å². The zero-order valence-corrected chi connectivity index (χ0v) is 16.0. The fourth-order valence-electron chi connectivity index (χ4n) is 2.62. The molecule has 0 unspecified atom stereocenters. The lowest BCUT2D eigenvalue weighted by molar-refractivity contribution is -0.115. The third-order valence-electron chi connectivity index (χ3n) is 4.07. The highest BCUT2D eigenvalue weighted by molar-refractivity contribution is 7.13. The molecule has 0 aliphatic rings. The Bertz CT molecular complexity index is 948. The molecule has 0 atom stereocenters. The maximum Gasteiger partial charge on any atom is 0.337 e. The molecule has 0 fully saturated rings. The first-order chi connectivity index (χ1) is 13.1. The molecule has 5 nitrogen and oxygen atoms in total. The molecule has 0 aliphatic carbocycles. The predicted molar refractivity (Wildman–Crippen MR) is 107 cm³/mol. The van der Waals surface area contributed by atoms with Gasteiger partial charge in [-0.2, -0.15) is 0 Å². The van der Waals surface area contributed by atoms with Crippen molar-refractivity contribution >= 4 is 28.9 Å². The first-order valence-electron chi connectivity index (χ1n) is 8.61. The summed E-state index contributed by atoms with van der Waals surface area (Å²) in [5, 5.41) is 5.58. The summed E-state index contributed by atoms with van der Waals surface area (Å²) < 4.78 is 4.69. The van der Waals surface area contributed by atoms with Gasteiger partial charge in [0.1, 0.15) is 5.01 Å². The van der Waals surface area contributed by atoms with Gasteiger partial charge in [-0.3, -0.25) is 4.79 Å². The van der Waals surface area contributed by atoms with E-state index in [1.54, 1.807) is 24.3 Å². The van der Waals surface area contributed by atoms with Crippen LogP contribution in [-0.2, 0) is 22.4 Å². The maximum absolute atomic E-state index is 12.3. The molecule has 2 aromatic carbocycles. The summed E-state index contributed by atoms with van der Waals surface area (Å²) in [7, 11) is 1.32. The number of aromatic nitrogens is 1. The van der Waals surface area contributed by atoms with Crippen molar-refractivity contribution in [1.82, 2.24) is 4.98 Å². The largest absolute Gasteiger partial charge is 0.465 e. The van der Waals surface area contributed by atoms with Crippen LogP contribution in [0.3, 0.4) is 0 Å². The van der Waals surface area contributed by atoms with E-state index in [1.165, 1.54) is 24.0 Å². The van der Waals surface area contributed by atoms with E-state index in [2.05, 4.69) is 41.5 Å². The van der Waals surface area contributed by atoms with E-state index in [0.717, 1.165) is 22.7 Å². The van der Waals surface area contributed by atoms with E-state index in [-0.39, 0.29) is 12.3 Å². The van der Waals surface area contributed by atoms with E-state index < -0.39 is 5.97 Å². The number of carbonyl (C=O) groups is 2. The van der Waals surface area contributed by atoms with Crippen LogP contribution in [0, 0.1) is 0 Å². The summed E-state index contributed by atoms with van der Waals surface area (Å²) in [6, 6.07) is 15.0. The molecular formula is C21H20N2O3S. The average Bonchev–Trinajstić information content (AvgIpc) is 3.15. The van der Waals surface area contributed by atoms with Crippen molar-refractivity contribution in [2.24, 2.45) is 0 Å². The third kappa shape index (κ3) is 4.80. The molecule has 1 N–H and O–H groups in total. The molecule has 0 radical (unpaired) electrons. The van der Waals surface area contributed by atoms with Gasteiger partial charge in [0.15, 0.2) is 0 Å². The highest BCUT2D eigenvalue weighted by Crippen LogP contribution is 2.24. The highest BCUT2D eigenvalue weighted by Gasteiger charge is 2.11. The van der Waals surface area contributed by atoms with Crippen molar-refractivity contribution in [2.75, 3.05) is 12.4 Å². The molecule has 6 heteroatoms. The standard InChI is InChI=1S/C21H20N2O3S/c1-3-14-7-9-15(10-8-14)20-23-18(13-27-20)12-19(24)22-17-6-4-5-16(11-17)21(25)26-2/h4-11,13H,3,12H2,1-2H3,(H,22,24). The van der Waals surface area contributed by atoms with Gasteiger partial charge in [-0.05, 0) is 30.2 Å². The van der Waals surface area contributed by atoms with Gasteiger partial charge in [0.05, 0.1) is 24.8 Å². The van der Waals surface area contributed by atoms with Crippen LogP contribution < -0.4 is 5.32 Å². The third-order valence-corrected chi connectivity index (χ3v) is 5.01. The Kier molecular flexibility index (Phi) is 5.98. The Morgan fingerprint density at radius 1 is 1.15 bits per heavy atom. The van der Waals surface area contributed by atoms with Gasteiger partial charge >= 0.3 is 5.97 Å². The second kappa shape index (κ2) is 8.60. The molecule has 138 valence electrons. The molecule has 3 rings (SSSR count). The fraction of sp³-hybridized carbons (Fsp3) is 0.190. The second-order valence-electron chi connectivity index (χ2n) is 5.99. The number of hydrogen-bond donors (Lipinski definition) is 1. The number of anilines is 1. The summed E-state index contributed by atoms with van der Waals surface area (Å²) in [4.78, 5) is 28.4. The van der Waals surface area contributed by atoms with E-state index in [0.29, 0.717) is 11.3 Å². The van der Waals surface area contributed by atoms with E-state index in [1.807, 2.05) is 5.38 Å². The van der Waals surface area contributed by atoms with Gasteiger partial charge in [-0.15, -0.1) is 11.3 Å². The predicted octanol–water partition coefficient (Wildman–Crippen LogP) is 4.34. The first kappa shape index (κ1) is 18.8. The lowest BCUT2D eigenvalue weighted by Gasteiger charge is -2.06. The molecular weight excluding hydrogens is 360 g/mol. The van der Waals surface area contributed by atoms with Gasteiger partial charge < -0.3 is 10.1 Å². The van der Waals surface area contributed by atoms with E-state index in [4.69, 9.17) is 4.74 Å². The normalized spacial score (nSPS) is 10.4. The monoisotopic (exact) mass is 380 g/mol. The Morgan fingerprint density at radius 3 is 2.63 bits per heavy atom. The number of amides is 1. The van der Waals surface area contributed by atoms with Crippen LogP contribution in [0.1, 0.15) is 28.5 Å². The molecule has 0 spiro atoms. The minimum atomic E-state index is -0.440. The number of ether oxygens (including phenoxy) is 1. The lowest BCUT2D eigenvalue weighted by Crippen LogP contribution is -2.15. The van der Waals surface area contributed by atoms with Crippen LogP contribution in [0.2, 0.25) is 0 Å². The molecule has 1 heterocycles. The fourth-order valence-corrected chi connectivity index (χ4v) is 3.44. The maximum atomic E-state index is 12.3. The number of carbonyl (C=O) groups excluding carboxylic acids is 2. The van der Waals surface area contributed by atoms with Gasteiger partial charge in [-0.1, -0.05) is 37.3 Å². The van der Waals surface area contributed by atoms with Crippen molar-refractivity contribution in [2.45, 2.75) is 19.8 Å². The Balaban J connectivity index is 1.65. The highest BCUT2D eigenvalue weighted by atomic mass is 32.1. The molecule has 0 saturated carbocycles. The number of hydrogen-bond acceptors (Lipinski definition) is 5. The lowest BCUT2D eigenvalue weighted by atomic mass is 10.1. The summed E-state index contributed by atoms with van der Waals surface area (Å²) >= 11 is 1.52. The molecule has 0 bridgehead atoms. The van der Waals surface area contributed by atoms with Crippen molar-refractivity contribution in [3.05, 3.63) is 70.7 Å². The van der Waals surface area contributed by atoms with Crippen molar-refractivity contribution < 1.29 is 14.3 Å². The molecule has 27 heavy (non-hydrogen) atoms. The van der Waals surface area contributed by atoms with Crippen LogP contribution in [0.5, 0.6) is 0 Å². The Labute approximate surface area is 162 Å². The van der Waals surface area contributed by atoms with Gasteiger partial charge in [0.25, 0.3) is 0 Å². The minimum absolute atomic E-state index is 0.173. The molecule has 3 aromatic rings. The van der Waals surface area contributed by atoms with Crippen LogP contribution in [0.25, 0.3) is 10.6 Å². The zero-order chi connectivity index (χ0) is 19.2. The average molecular weight is 380 g/mol. The van der Waals surface area contributed by atoms with Crippen molar-refractivity contribution in [3.8, 4) is 10.6 Å². The number of benzene rings is 2. The van der Waals surface area contributed by atoms with Crippen molar-refractivity contribution in [3.63, 3.8) is 0 Å². The van der Waals surface area contributed by atoms with Crippen molar-refractivity contribution in [1.29, 1.82) is 0 Å². The topological polar surface area (TPSA) is 68.3 Å². The number of rotatable bonds is 6. The summed E-state index contributed by atoms with van der Waals surface area (Å²) in [5.74, 6) is -0.625. The minimum Gasteiger partial charge on any atom is -0.465 e. The summed E-state index contributed by atoms with van der Waals surface area (Å²) in [6.45, 7) is 2.12. The number of nitrogens with zero attached hydrogens (tertiary/aromatic N) is 1. The quantitative estimate of drug-likeness (QED) is 0.646. The van der Waals surface area contributed by atoms with Gasteiger partial charge in [0.2, 0.25) is 5.91 Å². The van der Waals surface area contributed by atoms with E-state index >= 15 is 0 Å². The number of methoxy groups -OCH3 is 1. The molecule has 1 aromatic heterocycles. The Morgan fingerprint density at radius 2 is 1.93 bits per heavy atom. The second-order valence-corrected chi connectivity index (χ2v) is 6.85. The summed E-state index contributed by atoms with van der Waals surface area (Å²) in [5.41, 5.74) is 3.99. The van der Waals surface area contributed by atoms with Gasteiger partial charge in [0, 0.05) is 16.6 Å².